The van der Waals surface area contributed by atoms with Crippen molar-refractivity contribution in [2.75, 3.05) is 18.4 Å². The summed E-state index contributed by atoms with van der Waals surface area (Å²) in [5, 5.41) is 13.0. The first-order chi connectivity index (χ1) is 7.78. The standard InChI is InChI=1S/C11H18N4O/c1-2-9-6-10(15-14-9)13-11(16)5-8-3-4-12-7-8/h6,8,12H,2-5,7H2,1H3,(H2,13,14,15,16). The third-order valence-electron chi connectivity index (χ3n) is 2.92. The van der Waals surface area contributed by atoms with E-state index in [0.717, 1.165) is 31.6 Å². The maximum atomic E-state index is 11.7. The second-order valence-corrected chi connectivity index (χ2v) is 4.24. The van der Waals surface area contributed by atoms with E-state index in [1.165, 1.54) is 0 Å². The largest absolute Gasteiger partial charge is 0.316 e. The predicted octanol–water partition coefficient (Wildman–Crippen LogP) is 0.910. The molecule has 1 aliphatic rings. The van der Waals surface area contributed by atoms with Crippen LogP contribution < -0.4 is 10.6 Å². The number of amides is 1. The molecule has 1 unspecified atom stereocenters. The molecule has 1 aliphatic heterocycles. The minimum Gasteiger partial charge on any atom is -0.316 e. The predicted molar refractivity (Wildman–Crippen MR) is 62.2 cm³/mol. The Kier molecular flexibility index (Phi) is 3.56. The summed E-state index contributed by atoms with van der Waals surface area (Å²) in [6, 6.07) is 1.88. The highest BCUT2D eigenvalue weighted by molar-refractivity contribution is 5.89. The Bertz CT molecular complexity index is 355. The van der Waals surface area contributed by atoms with Crippen molar-refractivity contribution in [1.82, 2.24) is 15.5 Å². The fourth-order valence-corrected chi connectivity index (χ4v) is 1.95. The molecule has 0 aliphatic carbocycles. The van der Waals surface area contributed by atoms with Crippen molar-refractivity contribution in [2.45, 2.75) is 26.2 Å². The molecule has 1 aromatic rings. The summed E-state index contributed by atoms with van der Waals surface area (Å²) in [6.45, 7) is 4.03. The van der Waals surface area contributed by atoms with Gasteiger partial charge in [-0.25, -0.2) is 0 Å². The maximum Gasteiger partial charge on any atom is 0.225 e. The molecule has 2 heterocycles. The van der Waals surface area contributed by atoms with E-state index < -0.39 is 0 Å². The topological polar surface area (TPSA) is 69.8 Å². The van der Waals surface area contributed by atoms with Gasteiger partial charge < -0.3 is 10.6 Å². The number of aromatic amines is 1. The molecule has 0 spiro atoms. The lowest BCUT2D eigenvalue weighted by atomic mass is 10.0. The summed E-state index contributed by atoms with van der Waals surface area (Å²) in [6.07, 6.45) is 2.57. The summed E-state index contributed by atoms with van der Waals surface area (Å²) >= 11 is 0. The van der Waals surface area contributed by atoms with Crippen molar-refractivity contribution < 1.29 is 4.79 Å². The number of rotatable bonds is 4. The van der Waals surface area contributed by atoms with Gasteiger partial charge in [-0.1, -0.05) is 6.92 Å². The smallest absolute Gasteiger partial charge is 0.225 e. The molecule has 1 atom stereocenters. The van der Waals surface area contributed by atoms with Crippen LogP contribution in [0.25, 0.3) is 0 Å². The van der Waals surface area contributed by atoms with Gasteiger partial charge in [0, 0.05) is 18.2 Å². The SMILES string of the molecule is CCc1cc(NC(=O)CC2CCNC2)n[nH]1. The first-order valence-corrected chi connectivity index (χ1v) is 5.82. The van der Waals surface area contributed by atoms with Crippen LogP contribution in [0.2, 0.25) is 0 Å². The van der Waals surface area contributed by atoms with Gasteiger partial charge >= 0.3 is 0 Å². The van der Waals surface area contributed by atoms with E-state index in [-0.39, 0.29) is 5.91 Å². The number of aromatic nitrogens is 2. The van der Waals surface area contributed by atoms with Gasteiger partial charge in [-0.05, 0) is 31.8 Å². The Balaban J connectivity index is 1.81. The molecule has 0 saturated carbocycles. The molecule has 2 rings (SSSR count). The normalized spacial score (nSPS) is 19.9. The molecule has 0 aromatic carbocycles. The number of nitrogens with one attached hydrogen (secondary N) is 3. The molecule has 1 saturated heterocycles. The minimum atomic E-state index is 0.0582. The van der Waals surface area contributed by atoms with E-state index in [4.69, 9.17) is 0 Å². The van der Waals surface area contributed by atoms with Gasteiger partial charge in [0.15, 0.2) is 5.82 Å². The quantitative estimate of drug-likeness (QED) is 0.709. The van der Waals surface area contributed by atoms with Crippen LogP contribution >= 0.6 is 0 Å². The van der Waals surface area contributed by atoms with Gasteiger partial charge in [-0.3, -0.25) is 9.89 Å². The Morgan fingerprint density at radius 1 is 1.69 bits per heavy atom. The van der Waals surface area contributed by atoms with Crippen molar-refractivity contribution in [2.24, 2.45) is 5.92 Å². The number of aryl methyl sites for hydroxylation is 1. The van der Waals surface area contributed by atoms with E-state index in [1.807, 2.05) is 13.0 Å². The average Bonchev–Trinajstić information content (AvgIpc) is 2.89. The number of carbonyl (C=O) groups is 1. The van der Waals surface area contributed by atoms with Crippen LogP contribution in [0.1, 0.15) is 25.5 Å². The number of hydrogen-bond donors (Lipinski definition) is 3. The number of anilines is 1. The Labute approximate surface area is 95.0 Å². The summed E-state index contributed by atoms with van der Waals surface area (Å²) in [4.78, 5) is 11.7. The second kappa shape index (κ2) is 5.12. The van der Waals surface area contributed by atoms with E-state index in [2.05, 4.69) is 20.8 Å². The molecule has 1 aromatic heterocycles. The lowest BCUT2D eigenvalue weighted by Gasteiger charge is -2.06. The molecule has 0 bridgehead atoms. The number of hydrogen-bond acceptors (Lipinski definition) is 3. The van der Waals surface area contributed by atoms with Gasteiger partial charge in [0.25, 0.3) is 0 Å². The zero-order valence-corrected chi connectivity index (χ0v) is 9.55. The number of H-pyrrole nitrogens is 1. The van der Waals surface area contributed by atoms with E-state index >= 15 is 0 Å². The maximum absolute atomic E-state index is 11.7. The summed E-state index contributed by atoms with van der Waals surface area (Å²) in [7, 11) is 0. The Morgan fingerprint density at radius 2 is 2.56 bits per heavy atom. The molecule has 0 radical (unpaired) electrons. The van der Waals surface area contributed by atoms with Gasteiger partial charge in [-0.2, -0.15) is 5.10 Å². The third-order valence-corrected chi connectivity index (χ3v) is 2.92. The highest BCUT2D eigenvalue weighted by atomic mass is 16.1. The lowest BCUT2D eigenvalue weighted by Crippen LogP contribution is -2.18. The first-order valence-electron chi connectivity index (χ1n) is 5.82. The van der Waals surface area contributed by atoms with Crippen LogP contribution in [-0.2, 0) is 11.2 Å². The number of carbonyl (C=O) groups excluding carboxylic acids is 1. The van der Waals surface area contributed by atoms with Crippen LogP contribution in [0.15, 0.2) is 6.07 Å². The lowest BCUT2D eigenvalue weighted by molar-refractivity contribution is -0.117. The Morgan fingerprint density at radius 3 is 3.19 bits per heavy atom. The van der Waals surface area contributed by atoms with E-state index in [0.29, 0.717) is 18.2 Å². The van der Waals surface area contributed by atoms with Crippen molar-refractivity contribution in [3.05, 3.63) is 11.8 Å². The van der Waals surface area contributed by atoms with Gasteiger partial charge in [0.2, 0.25) is 5.91 Å². The Hall–Kier alpha value is -1.36. The van der Waals surface area contributed by atoms with Crippen LogP contribution in [0, 0.1) is 5.92 Å². The van der Waals surface area contributed by atoms with Gasteiger partial charge in [0.1, 0.15) is 0 Å². The van der Waals surface area contributed by atoms with Crippen LogP contribution in [0.5, 0.6) is 0 Å². The third kappa shape index (κ3) is 2.82. The van der Waals surface area contributed by atoms with E-state index in [9.17, 15) is 4.79 Å². The summed E-state index contributed by atoms with van der Waals surface area (Å²) in [5.74, 6) is 1.17. The highest BCUT2D eigenvalue weighted by Crippen LogP contribution is 2.13. The molecule has 1 fully saturated rings. The monoisotopic (exact) mass is 222 g/mol. The van der Waals surface area contributed by atoms with Crippen LogP contribution in [0.4, 0.5) is 5.82 Å². The van der Waals surface area contributed by atoms with E-state index in [1.54, 1.807) is 0 Å². The number of nitrogens with zero attached hydrogens (tertiary/aromatic N) is 1. The molecule has 88 valence electrons. The van der Waals surface area contributed by atoms with Crippen molar-refractivity contribution in [3.63, 3.8) is 0 Å². The summed E-state index contributed by atoms with van der Waals surface area (Å²) in [5.41, 5.74) is 1.04. The molecule has 3 N–H and O–H groups in total. The highest BCUT2D eigenvalue weighted by Gasteiger charge is 2.18. The molecule has 1 amide bonds. The second-order valence-electron chi connectivity index (χ2n) is 4.24. The van der Waals surface area contributed by atoms with Crippen LogP contribution in [0.3, 0.4) is 0 Å². The zero-order chi connectivity index (χ0) is 11.4. The zero-order valence-electron chi connectivity index (χ0n) is 9.55. The fraction of sp³-hybridized carbons (Fsp3) is 0.636. The molecular weight excluding hydrogens is 204 g/mol. The van der Waals surface area contributed by atoms with Gasteiger partial charge in [-0.15, -0.1) is 0 Å². The fourth-order valence-electron chi connectivity index (χ4n) is 1.95. The van der Waals surface area contributed by atoms with Gasteiger partial charge in [0.05, 0.1) is 0 Å². The molecule has 5 nitrogen and oxygen atoms in total. The van der Waals surface area contributed by atoms with Crippen molar-refractivity contribution >= 4 is 11.7 Å². The average molecular weight is 222 g/mol. The minimum absolute atomic E-state index is 0.0582. The molecular formula is C11H18N4O. The first kappa shape index (κ1) is 11.1. The molecule has 5 heteroatoms. The van der Waals surface area contributed by atoms with Crippen LogP contribution in [-0.4, -0.2) is 29.2 Å². The molecule has 16 heavy (non-hydrogen) atoms. The van der Waals surface area contributed by atoms with Crippen molar-refractivity contribution in [3.8, 4) is 0 Å². The van der Waals surface area contributed by atoms with Crippen molar-refractivity contribution in [1.29, 1.82) is 0 Å². The summed E-state index contributed by atoms with van der Waals surface area (Å²) < 4.78 is 0.